The fraction of sp³-hybridized carbons (Fsp3) is 0.556. The summed E-state index contributed by atoms with van der Waals surface area (Å²) in [4.78, 5) is 119. The van der Waals surface area contributed by atoms with Crippen LogP contribution in [0.4, 0.5) is 9.59 Å². The lowest BCUT2D eigenvalue weighted by Gasteiger charge is -2.24. The number of alkyl carbamates (subject to hydrolysis) is 2. The van der Waals surface area contributed by atoms with Gasteiger partial charge in [-0.05, 0) is 35.1 Å². The molecular weight excluding hydrogens is 1240 g/mol. The van der Waals surface area contributed by atoms with Gasteiger partial charge in [0, 0.05) is 12.8 Å². The number of phosphoric acid groups is 1. The minimum atomic E-state index is -5.30. The molecule has 0 saturated heterocycles. The Morgan fingerprint density at radius 3 is 1.05 bits per heavy atom. The Balaban J connectivity index is 1.52. The third kappa shape index (κ3) is 39.7. The molecule has 3 N–H and O–H groups in total. The van der Waals surface area contributed by atoms with Crippen molar-refractivity contribution in [1.29, 1.82) is 0 Å². The predicted octanol–water partition coefficient (Wildman–Crippen LogP) is 14.3. The van der Waals surface area contributed by atoms with Crippen LogP contribution in [-0.2, 0) is 107 Å². The Bertz CT molecular complexity index is 2720. The number of esters is 6. The Morgan fingerprint density at radius 2 is 0.674 bits per heavy atom. The van der Waals surface area contributed by atoms with Crippen LogP contribution in [-0.4, -0.2) is 104 Å². The minimum absolute atomic E-state index is 0.0186. The summed E-state index contributed by atoms with van der Waals surface area (Å²) in [5.41, 5.74) is 2.40. The molecule has 0 saturated carbocycles. The molecule has 0 heterocycles. The largest absolute Gasteiger partial charge is 0.472 e. The Labute approximate surface area is 560 Å². The van der Waals surface area contributed by atoms with Crippen molar-refractivity contribution in [1.82, 2.24) is 10.6 Å². The lowest BCUT2D eigenvalue weighted by molar-refractivity contribution is -0.166. The van der Waals surface area contributed by atoms with E-state index in [4.69, 9.17) is 46.9 Å². The number of hydrogen-bond donors (Lipinski definition) is 3. The topological polar surface area (TPSA) is 290 Å². The fourth-order valence-electron chi connectivity index (χ4n) is 9.64. The molecule has 2 unspecified atom stereocenters. The molecule has 95 heavy (non-hydrogen) atoms. The molecule has 0 bridgehead atoms. The molecule has 4 aromatic rings. The molecule has 0 aromatic heterocycles. The summed E-state index contributed by atoms with van der Waals surface area (Å²) in [6, 6.07) is 30.6. The van der Waals surface area contributed by atoms with E-state index in [0.717, 1.165) is 57.8 Å². The van der Waals surface area contributed by atoms with Crippen LogP contribution in [0.15, 0.2) is 121 Å². The fourth-order valence-corrected chi connectivity index (χ4v) is 10.4. The summed E-state index contributed by atoms with van der Waals surface area (Å²) in [6.07, 6.45) is 16.4. The molecule has 2 amide bonds. The van der Waals surface area contributed by atoms with E-state index in [9.17, 15) is 47.8 Å². The maximum Gasteiger partial charge on any atom is 0.472 e. The van der Waals surface area contributed by atoms with Crippen LogP contribution < -0.4 is 10.6 Å². The van der Waals surface area contributed by atoms with E-state index in [-0.39, 0.29) is 39.3 Å². The molecule has 524 valence electrons. The van der Waals surface area contributed by atoms with Gasteiger partial charge >= 0.3 is 55.8 Å². The van der Waals surface area contributed by atoms with Gasteiger partial charge in [-0.1, -0.05) is 264 Å². The van der Waals surface area contributed by atoms with E-state index in [1.54, 1.807) is 121 Å². The van der Waals surface area contributed by atoms with Gasteiger partial charge < -0.3 is 53.4 Å². The molecule has 23 heteroatoms. The molecule has 5 atom stereocenters. The van der Waals surface area contributed by atoms with E-state index in [1.807, 2.05) is 0 Å². The quantitative estimate of drug-likeness (QED) is 0.0160. The van der Waals surface area contributed by atoms with Crippen molar-refractivity contribution < 1.29 is 94.8 Å². The van der Waals surface area contributed by atoms with Crippen molar-refractivity contribution in [2.24, 2.45) is 0 Å². The Kier molecular flexibility index (Phi) is 41.9. The zero-order valence-electron chi connectivity index (χ0n) is 55.5. The number of benzene rings is 4. The van der Waals surface area contributed by atoms with Gasteiger partial charge in [0.15, 0.2) is 12.2 Å². The molecule has 0 spiro atoms. The van der Waals surface area contributed by atoms with Gasteiger partial charge in [-0.25, -0.2) is 23.7 Å². The van der Waals surface area contributed by atoms with Crippen LogP contribution in [0.2, 0.25) is 0 Å². The normalized spacial score (nSPS) is 12.9. The standard InChI is InChI=1S/C72H101N2O20P/c1-3-5-7-9-11-13-15-17-19-21-35-45-65(75)87-53-61(93-66(76)46-36-22-20-18-16-14-12-10-8-6-4-2)55-91-95(83,84)92-56-62(94-70(80)64(48-68(78)86-50-58-39-29-24-30-40-58)74-72(82)90-52-60-43-33-26-34-44-60)54-88-69(79)63(47-67(77)85-49-57-37-27-23-28-38-57)73-71(81)89-51-59-41-31-25-32-42-59/h23-34,37-44,61-64H,3-22,35-36,45-56H2,1-2H3,(H,73,81)(H,74,82)(H,83,84)/t61-,62?,63+,64+/m1/s1. The van der Waals surface area contributed by atoms with E-state index in [1.165, 1.54) is 70.6 Å². The van der Waals surface area contributed by atoms with E-state index >= 15 is 0 Å². The monoisotopic (exact) mass is 1340 g/mol. The van der Waals surface area contributed by atoms with Crippen LogP contribution in [0.25, 0.3) is 0 Å². The van der Waals surface area contributed by atoms with Gasteiger partial charge in [0.2, 0.25) is 0 Å². The first-order valence-electron chi connectivity index (χ1n) is 33.8. The molecule has 22 nitrogen and oxygen atoms in total. The van der Waals surface area contributed by atoms with Crippen molar-refractivity contribution >= 4 is 55.8 Å². The highest BCUT2D eigenvalue weighted by molar-refractivity contribution is 7.47. The van der Waals surface area contributed by atoms with Crippen LogP contribution in [0.5, 0.6) is 0 Å². The van der Waals surface area contributed by atoms with Crippen molar-refractivity contribution in [3.05, 3.63) is 144 Å². The summed E-state index contributed by atoms with van der Waals surface area (Å²) < 4.78 is 68.3. The van der Waals surface area contributed by atoms with Crippen molar-refractivity contribution in [3.8, 4) is 0 Å². The molecule has 0 fully saturated rings. The zero-order valence-corrected chi connectivity index (χ0v) is 56.4. The van der Waals surface area contributed by atoms with Gasteiger partial charge in [0.05, 0.1) is 26.1 Å². The molecule has 0 radical (unpaired) electrons. The second kappa shape index (κ2) is 49.8. The molecule has 0 aliphatic heterocycles. The molecule has 0 aliphatic rings. The van der Waals surface area contributed by atoms with Gasteiger partial charge in [-0.2, -0.15) is 0 Å². The number of hydrogen-bond acceptors (Lipinski definition) is 19. The highest BCUT2D eigenvalue weighted by Gasteiger charge is 2.34. The average molecular weight is 1350 g/mol. The first-order chi connectivity index (χ1) is 46.1. The highest BCUT2D eigenvalue weighted by Crippen LogP contribution is 2.43. The van der Waals surface area contributed by atoms with Crippen molar-refractivity contribution in [3.63, 3.8) is 0 Å². The van der Waals surface area contributed by atoms with Crippen LogP contribution in [0.1, 0.15) is 203 Å². The van der Waals surface area contributed by atoms with Gasteiger partial charge in [-0.3, -0.25) is 28.2 Å². The molecule has 4 rings (SSSR count). The van der Waals surface area contributed by atoms with E-state index in [2.05, 4.69) is 24.5 Å². The summed E-state index contributed by atoms with van der Waals surface area (Å²) in [5.74, 6) is -5.83. The maximum atomic E-state index is 14.3. The number of amides is 2. The van der Waals surface area contributed by atoms with E-state index in [0.29, 0.717) is 35.1 Å². The third-order valence-electron chi connectivity index (χ3n) is 15.0. The number of nitrogens with one attached hydrogen (secondary N) is 2. The van der Waals surface area contributed by atoms with Gasteiger partial charge in [-0.15, -0.1) is 0 Å². The van der Waals surface area contributed by atoms with Crippen LogP contribution >= 0.6 is 7.82 Å². The summed E-state index contributed by atoms with van der Waals surface area (Å²) in [6.45, 7) is 0.0167. The summed E-state index contributed by atoms with van der Waals surface area (Å²) in [7, 11) is -5.30. The van der Waals surface area contributed by atoms with Crippen molar-refractivity contribution in [2.45, 2.75) is 232 Å². The number of carbonyl (C=O) groups excluding carboxylic acids is 8. The number of rotatable bonds is 52. The van der Waals surface area contributed by atoms with Gasteiger partial charge in [0.1, 0.15) is 51.7 Å². The zero-order chi connectivity index (χ0) is 68.4. The minimum Gasteiger partial charge on any atom is -0.462 e. The first-order valence-corrected chi connectivity index (χ1v) is 35.3. The second-order valence-corrected chi connectivity index (χ2v) is 24.8. The average Bonchev–Trinajstić information content (AvgIpc) is 2.27. The first kappa shape index (κ1) is 79.8. The third-order valence-corrected chi connectivity index (χ3v) is 16.0. The Hall–Kier alpha value is -7.65. The van der Waals surface area contributed by atoms with Crippen LogP contribution in [0, 0.1) is 0 Å². The van der Waals surface area contributed by atoms with Crippen molar-refractivity contribution in [2.75, 3.05) is 26.4 Å². The lowest BCUT2D eigenvalue weighted by atomic mass is 10.1. The Morgan fingerprint density at radius 1 is 0.358 bits per heavy atom. The smallest absolute Gasteiger partial charge is 0.462 e. The van der Waals surface area contributed by atoms with E-state index < -0.39 is 119 Å². The maximum absolute atomic E-state index is 14.3. The second-order valence-electron chi connectivity index (χ2n) is 23.3. The SMILES string of the molecule is CCCCCCCCCCCCCC(=O)OC[C@H](COP(=O)(O)OCC(COC(=O)[C@H](CC(=O)OCc1ccccc1)NC(=O)OCc1ccccc1)OC(=O)[C@H](CC(=O)OCc1ccccc1)NC(=O)OCc1ccccc1)OC(=O)CCCCCCCCCCCCC. The number of carbonyl (C=O) groups is 8. The lowest BCUT2D eigenvalue weighted by Crippen LogP contribution is -2.47. The van der Waals surface area contributed by atoms with Gasteiger partial charge in [0.25, 0.3) is 0 Å². The van der Waals surface area contributed by atoms with Crippen LogP contribution in [0.3, 0.4) is 0 Å². The number of unbranched alkanes of at least 4 members (excludes halogenated alkanes) is 20. The number of phosphoric ester groups is 1. The predicted molar refractivity (Wildman–Crippen MR) is 354 cm³/mol. The molecule has 0 aliphatic carbocycles. The number of ether oxygens (including phenoxy) is 8. The summed E-state index contributed by atoms with van der Waals surface area (Å²) in [5, 5.41) is 4.59. The molecule has 4 aromatic carbocycles. The summed E-state index contributed by atoms with van der Waals surface area (Å²) >= 11 is 0. The highest BCUT2D eigenvalue weighted by atomic mass is 31.2. The molecular formula is C72H101N2O20P.